The van der Waals surface area contributed by atoms with E-state index in [0.29, 0.717) is 4.90 Å². The van der Waals surface area contributed by atoms with Gasteiger partial charge in [0.1, 0.15) is 0 Å². The third-order valence-corrected chi connectivity index (χ3v) is 3.31. The maximum absolute atomic E-state index is 11.5. The Balaban J connectivity index is 2.95. The molecule has 0 N–H and O–H groups in total. The van der Waals surface area contributed by atoms with Crippen LogP contribution in [0, 0.1) is 0 Å². The Hall–Kier alpha value is -0.800. The predicted molar refractivity (Wildman–Crippen MR) is 53.5 cm³/mol. The molecule has 0 aliphatic carbocycles. The van der Waals surface area contributed by atoms with Gasteiger partial charge in [-0.1, -0.05) is 35.9 Å². The molecule has 0 aromatic heterocycles. The van der Waals surface area contributed by atoms with Crippen molar-refractivity contribution in [1.29, 1.82) is 0 Å². The van der Waals surface area contributed by atoms with E-state index in [4.69, 9.17) is 11.6 Å². The fourth-order valence-corrected chi connectivity index (χ4v) is 2.20. The number of rotatable bonds is 3. The van der Waals surface area contributed by atoms with E-state index in [1.54, 1.807) is 30.3 Å². The van der Waals surface area contributed by atoms with Crippen molar-refractivity contribution in [3.05, 3.63) is 41.9 Å². The van der Waals surface area contributed by atoms with Crippen molar-refractivity contribution < 1.29 is 8.42 Å². The van der Waals surface area contributed by atoms with E-state index < -0.39 is 9.84 Å². The number of hydrogen-bond acceptors (Lipinski definition) is 2. The predicted octanol–water partition coefficient (Wildman–Crippen LogP) is 2.21. The van der Waals surface area contributed by atoms with Crippen LogP contribution < -0.4 is 0 Å². The van der Waals surface area contributed by atoms with E-state index in [-0.39, 0.29) is 5.75 Å². The summed E-state index contributed by atoms with van der Waals surface area (Å²) in [7, 11) is -3.19. The molecule has 70 valence electrons. The molecule has 0 aliphatic heterocycles. The third kappa shape index (κ3) is 2.86. The quantitative estimate of drug-likeness (QED) is 0.777. The first-order chi connectivity index (χ1) is 6.17. The lowest BCUT2D eigenvalue weighted by molar-refractivity contribution is 0.599. The molecule has 0 saturated heterocycles. The van der Waals surface area contributed by atoms with E-state index in [2.05, 4.69) is 0 Å². The van der Waals surface area contributed by atoms with Crippen molar-refractivity contribution in [1.82, 2.24) is 0 Å². The molecule has 0 unspecified atom stereocenters. The van der Waals surface area contributed by atoms with E-state index in [1.165, 1.54) is 11.6 Å². The summed E-state index contributed by atoms with van der Waals surface area (Å²) in [6.07, 6.45) is 1.41. The fourth-order valence-electron chi connectivity index (χ4n) is 0.887. The highest BCUT2D eigenvalue weighted by molar-refractivity contribution is 7.91. The number of benzene rings is 1. The summed E-state index contributed by atoms with van der Waals surface area (Å²) < 4.78 is 23.0. The van der Waals surface area contributed by atoms with Crippen LogP contribution in [0.1, 0.15) is 0 Å². The number of halogens is 1. The second kappa shape index (κ2) is 4.44. The molecule has 0 fully saturated rings. The Morgan fingerprint density at radius 3 is 2.38 bits per heavy atom. The smallest absolute Gasteiger partial charge is 0.181 e. The van der Waals surface area contributed by atoms with Crippen LogP contribution in [0.25, 0.3) is 0 Å². The van der Waals surface area contributed by atoms with Crippen molar-refractivity contribution in [2.45, 2.75) is 4.90 Å². The molecule has 1 rings (SSSR count). The van der Waals surface area contributed by atoms with Crippen molar-refractivity contribution in [3.8, 4) is 0 Å². The van der Waals surface area contributed by atoms with Crippen LogP contribution in [0.2, 0.25) is 0 Å². The second-order valence-corrected chi connectivity index (χ2v) is 4.74. The minimum atomic E-state index is -3.19. The Bertz CT molecular complexity index is 381. The van der Waals surface area contributed by atoms with Crippen molar-refractivity contribution in [3.63, 3.8) is 0 Å². The first kappa shape index (κ1) is 10.3. The Kier molecular flexibility index (Phi) is 3.51. The average Bonchev–Trinajstić information content (AvgIpc) is 2.16. The molecule has 0 spiro atoms. The van der Waals surface area contributed by atoms with Crippen LogP contribution in [0.3, 0.4) is 0 Å². The summed E-state index contributed by atoms with van der Waals surface area (Å²) in [5, 5.41) is 0. The second-order valence-electron chi connectivity index (χ2n) is 2.46. The largest absolute Gasteiger partial charge is 0.223 e. The molecule has 0 saturated carbocycles. The van der Waals surface area contributed by atoms with Crippen LogP contribution in [0.15, 0.2) is 46.8 Å². The molecule has 4 heteroatoms. The fraction of sp³-hybridized carbons (Fsp3) is 0.111. The lowest BCUT2D eigenvalue weighted by Crippen LogP contribution is -2.03. The van der Waals surface area contributed by atoms with Gasteiger partial charge in [0.15, 0.2) is 9.84 Å². The minimum absolute atomic E-state index is 0.0550. The zero-order valence-electron chi connectivity index (χ0n) is 6.85. The maximum Gasteiger partial charge on any atom is 0.181 e. The molecule has 1 aromatic rings. The molecule has 0 bridgehead atoms. The van der Waals surface area contributed by atoms with Gasteiger partial charge in [0.05, 0.1) is 10.6 Å². The van der Waals surface area contributed by atoms with Crippen molar-refractivity contribution in [2.75, 3.05) is 5.75 Å². The SMILES string of the molecule is O=S(=O)(C/C=C/Cl)c1ccccc1. The number of hydrogen-bond donors (Lipinski definition) is 0. The first-order valence-corrected chi connectivity index (χ1v) is 5.79. The molecule has 2 nitrogen and oxygen atoms in total. The Labute approximate surface area is 82.8 Å². The highest BCUT2D eigenvalue weighted by atomic mass is 35.5. The standard InChI is InChI=1S/C9H9ClO2S/c10-7-4-8-13(11,12)9-5-2-1-3-6-9/h1-7H,8H2/b7-4+. The highest BCUT2D eigenvalue weighted by Gasteiger charge is 2.10. The van der Waals surface area contributed by atoms with Gasteiger partial charge >= 0.3 is 0 Å². The highest BCUT2D eigenvalue weighted by Crippen LogP contribution is 2.09. The van der Waals surface area contributed by atoms with E-state index in [9.17, 15) is 8.42 Å². The molecular weight excluding hydrogens is 208 g/mol. The summed E-state index contributed by atoms with van der Waals surface area (Å²) in [5.74, 6) is -0.0550. The zero-order chi connectivity index (χ0) is 9.73. The molecule has 13 heavy (non-hydrogen) atoms. The molecule has 0 aliphatic rings. The van der Waals surface area contributed by atoms with Crippen molar-refractivity contribution in [2.24, 2.45) is 0 Å². The topological polar surface area (TPSA) is 34.1 Å². The van der Waals surface area contributed by atoms with Crippen LogP contribution >= 0.6 is 11.6 Å². The van der Waals surface area contributed by atoms with Crippen LogP contribution in [-0.4, -0.2) is 14.2 Å². The summed E-state index contributed by atoms with van der Waals surface area (Å²) in [4.78, 5) is 0.324. The van der Waals surface area contributed by atoms with Gasteiger partial charge in [0, 0.05) is 5.54 Å². The van der Waals surface area contributed by atoms with E-state index in [1.807, 2.05) is 0 Å². The Morgan fingerprint density at radius 1 is 1.23 bits per heavy atom. The van der Waals surface area contributed by atoms with Gasteiger partial charge < -0.3 is 0 Å². The van der Waals surface area contributed by atoms with Gasteiger partial charge in [-0.15, -0.1) is 0 Å². The van der Waals surface area contributed by atoms with Gasteiger partial charge in [0.2, 0.25) is 0 Å². The monoisotopic (exact) mass is 216 g/mol. The third-order valence-electron chi connectivity index (χ3n) is 1.51. The molecule has 0 amide bonds. The summed E-state index contributed by atoms with van der Waals surface area (Å²) in [6, 6.07) is 8.29. The number of sulfone groups is 1. The first-order valence-electron chi connectivity index (χ1n) is 3.70. The Morgan fingerprint density at radius 2 is 1.85 bits per heavy atom. The van der Waals surface area contributed by atoms with E-state index >= 15 is 0 Å². The molecular formula is C9H9ClO2S. The van der Waals surface area contributed by atoms with Crippen LogP contribution in [-0.2, 0) is 9.84 Å². The summed E-state index contributed by atoms with van der Waals surface area (Å²) in [6.45, 7) is 0. The van der Waals surface area contributed by atoms with Gasteiger partial charge in [0.25, 0.3) is 0 Å². The van der Waals surface area contributed by atoms with Crippen LogP contribution in [0.4, 0.5) is 0 Å². The summed E-state index contributed by atoms with van der Waals surface area (Å²) >= 11 is 5.25. The maximum atomic E-state index is 11.5. The lowest BCUT2D eigenvalue weighted by atomic mass is 10.4. The van der Waals surface area contributed by atoms with Gasteiger partial charge in [-0.25, -0.2) is 8.42 Å². The summed E-state index contributed by atoms with van der Waals surface area (Å²) in [5.41, 5.74) is 1.21. The lowest BCUT2D eigenvalue weighted by Gasteiger charge is -1.99. The zero-order valence-corrected chi connectivity index (χ0v) is 8.42. The molecule has 0 atom stereocenters. The molecule has 1 aromatic carbocycles. The van der Waals surface area contributed by atoms with Crippen LogP contribution in [0.5, 0.6) is 0 Å². The molecule has 0 radical (unpaired) electrons. The van der Waals surface area contributed by atoms with Crippen molar-refractivity contribution >= 4 is 21.4 Å². The normalized spacial score (nSPS) is 12.1. The van der Waals surface area contributed by atoms with Gasteiger partial charge in [-0.3, -0.25) is 0 Å². The minimum Gasteiger partial charge on any atom is -0.223 e. The van der Waals surface area contributed by atoms with Gasteiger partial charge in [-0.2, -0.15) is 0 Å². The average molecular weight is 217 g/mol. The molecule has 0 heterocycles. The van der Waals surface area contributed by atoms with E-state index in [0.717, 1.165) is 0 Å². The van der Waals surface area contributed by atoms with Gasteiger partial charge in [-0.05, 0) is 12.1 Å².